The van der Waals surface area contributed by atoms with Gasteiger partial charge in [0.05, 0.1) is 11.1 Å². The number of carbonyl (C=O) groups excluding carboxylic acids is 3. The van der Waals surface area contributed by atoms with Crippen molar-refractivity contribution in [3.05, 3.63) is 99.9 Å². The molecule has 0 radical (unpaired) electrons. The molecule has 0 spiro atoms. The van der Waals surface area contributed by atoms with Crippen LogP contribution in [-0.2, 0) is 17.4 Å². The largest absolute Gasteiger partial charge is 0.422 e. The van der Waals surface area contributed by atoms with Gasteiger partial charge in [-0.3, -0.25) is 19.3 Å². The van der Waals surface area contributed by atoms with Gasteiger partial charge in [0, 0.05) is 6.42 Å². The van der Waals surface area contributed by atoms with Crippen molar-refractivity contribution in [2.24, 2.45) is 0 Å². The molecule has 0 saturated carbocycles. The van der Waals surface area contributed by atoms with Crippen LogP contribution >= 0.6 is 0 Å². The van der Waals surface area contributed by atoms with Gasteiger partial charge in [0.1, 0.15) is 23.1 Å². The number of benzene rings is 3. The van der Waals surface area contributed by atoms with E-state index in [4.69, 9.17) is 0 Å². The molecule has 0 aliphatic carbocycles. The minimum atomic E-state index is -5.81. The maximum absolute atomic E-state index is 14.4. The van der Waals surface area contributed by atoms with Gasteiger partial charge in [-0.1, -0.05) is 24.3 Å². The van der Waals surface area contributed by atoms with Gasteiger partial charge in [-0.2, -0.15) is 13.2 Å². The second kappa shape index (κ2) is 9.30. The Morgan fingerprint density at radius 3 is 1.84 bits per heavy atom. The molecule has 0 saturated heterocycles. The third-order valence-electron chi connectivity index (χ3n) is 5.55. The van der Waals surface area contributed by atoms with Crippen LogP contribution in [0.4, 0.5) is 40.8 Å². The molecule has 1 aliphatic heterocycles. The minimum absolute atomic E-state index is 0.0300. The zero-order chi connectivity index (χ0) is 27.2. The summed E-state index contributed by atoms with van der Waals surface area (Å²) in [5.41, 5.74) is -4.99. The van der Waals surface area contributed by atoms with Crippen LogP contribution in [0.3, 0.4) is 0 Å². The van der Waals surface area contributed by atoms with Crippen LogP contribution in [-0.4, -0.2) is 28.7 Å². The molecule has 0 fully saturated rings. The zero-order valence-electron chi connectivity index (χ0n) is 18.1. The number of rotatable bonds is 5. The normalized spacial score (nSPS) is 14.1. The molecular weight excluding hydrogens is 516 g/mol. The molecule has 1 heterocycles. The van der Waals surface area contributed by atoms with Gasteiger partial charge < -0.3 is 5.32 Å². The second-order valence-corrected chi connectivity index (χ2v) is 7.87. The van der Waals surface area contributed by atoms with Crippen LogP contribution < -0.4 is 5.32 Å². The lowest BCUT2D eigenvalue weighted by Gasteiger charge is -2.26. The summed E-state index contributed by atoms with van der Waals surface area (Å²) in [4.78, 5) is 39.3. The molecule has 3 aromatic rings. The van der Waals surface area contributed by atoms with Crippen molar-refractivity contribution >= 4 is 23.4 Å². The molecule has 1 unspecified atom stereocenters. The number of carbonyl (C=O) groups is 3. The van der Waals surface area contributed by atoms with Crippen LogP contribution in [0.15, 0.2) is 48.5 Å². The summed E-state index contributed by atoms with van der Waals surface area (Å²) in [6.07, 6.45) is -6.43. The van der Waals surface area contributed by atoms with Crippen molar-refractivity contribution in [1.29, 1.82) is 0 Å². The Bertz CT molecular complexity index is 1390. The van der Waals surface area contributed by atoms with Gasteiger partial charge in [-0.05, 0) is 29.8 Å². The summed E-state index contributed by atoms with van der Waals surface area (Å²) in [5.74, 6) is -15.1. The van der Waals surface area contributed by atoms with E-state index in [1.54, 1.807) is 0 Å². The molecule has 1 atom stereocenters. The maximum atomic E-state index is 14.4. The Hall–Kier alpha value is -4.29. The lowest BCUT2D eigenvalue weighted by Crippen LogP contribution is -2.48. The number of hydrogen-bond donors (Lipinski definition) is 1. The number of nitrogens with zero attached hydrogens (tertiary/aromatic N) is 1. The first-order chi connectivity index (χ1) is 17.3. The first-order valence-electron chi connectivity index (χ1n) is 10.3. The quantitative estimate of drug-likeness (QED) is 0.280. The van der Waals surface area contributed by atoms with Gasteiger partial charge in [-0.25, -0.2) is 22.0 Å². The smallest absolute Gasteiger partial charge is 0.319 e. The van der Waals surface area contributed by atoms with Crippen molar-refractivity contribution < 1.29 is 49.5 Å². The number of fused-ring (bicyclic) bond motifs is 1. The predicted molar refractivity (Wildman–Crippen MR) is 111 cm³/mol. The van der Waals surface area contributed by atoms with E-state index >= 15 is 0 Å². The summed E-state index contributed by atoms with van der Waals surface area (Å²) in [7, 11) is 0. The van der Waals surface area contributed by atoms with Gasteiger partial charge in [0.2, 0.25) is 5.91 Å². The molecule has 3 amide bonds. The van der Waals surface area contributed by atoms with Crippen LogP contribution in [0, 0.1) is 29.1 Å². The topological polar surface area (TPSA) is 66.5 Å². The van der Waals surface area contributed by atoms with Gasteiger partial charge in [-0.15, -0.1) is 0 Å². The molecule has 13 heteroatoms. The van der Waals surface area contributed by atoms with Crippen LogP contribution in [0.25, 0.3) is 0 Å². The monoisotopic (exact) mass is 528 g/mol. The molecule has 37 heavy (non-hydrogen) atoms. The summed E-state index contributed by atoms with van der Waals surface area (Å²) < 4.78 is 109. The molecule has 1 aliphatic rings. The summed E-state index contributed by atoms with van der Waals surface area (Å²) in [5, 5.41) is 1.44. The van der Waals surface area contributed by atoms with Crippen molar-refractivity contribution in [1.82, 2.24) is 4.90 Å². The lowest BCUT2D eigenvalue weighted by molar-refractivity contribution is -0.143. The number of nitrogens with one attached hydrogen (secondary N) is 1. The standard InChI is InChI=1S/C24H12F8N2O3/c25-11-5-3-4-10(8-11)9-14(34-22(36)12-6-1-2-7-13(12)23(34)37)21(35)33-20-18(28)16(26)15(24(30,31)32)17(27)19(20)29/h1-8,14H,9H2,(H,33,35). The van der Waals surface area contributed by atoms with E-state index in [1.807, 2.05) is 0 Å². The van der Waals surface area contributed by atoms with E-state index in [9.17, 15) is 49.5 Å². The number of anilines is 1. The van der Waals surface area contributed by atoms with Gasteiger partial charge >= 0.3 is 6.18 Å². The maximum Gasteiger partial charge on any atom is 0.422 e. The van der Waals surface area contributed by atoms with E-state index in [-0.39, 0.29) is 16.7 Å². The zero-order valence-corrected chi connectivity index (χ0v) is 18.1. The molecule has 192 valence electrons. The summed E-state index contributed by atoms with van der Waals surface area (Å²) in [6.45, 7) is 0. The van der Waals surface area contributed by atoms with Crippen molar-refractivity contribution in [2.45, 2.75) is 18.6 Å². The highest BCUT2D eigenvalue weighted by atomic mass is 19.4. The van der Waals surface area contributed by atoms with Crippen LogP contribution in [0.1, 0.15) is 31.8 Å². The van der Waals surface area contributed by atoms with Crippen molar-refractivity contribution in [3.8, 4) is 0 Å². The summed E-state index contributed by atoms with van der Waals surface area (Å²) in [6, 6.07) is 7.86. The highest BCUT2D eigenvalue weighted by Crippen LogP contribution is 2.38. The van der Waals surface area contributed by atoms with Crippen LogP contribution in [0.5, 0.6) is 0 Å². The Morgan fingerprint density at radius 2 is 1.35 bits per heavy atom. The van der Waals surface area contributed by atoms with E-state index in [2.05, 4.69) is 0 Å². The molecule has 0 aromatic heterocycles. The van der Waals surface area contributed by atoms with E-state index in [0.717, 1.165) is 12.1 Å². The van der Waals surface area contributed by atoms with Crippen molar-refractivity contribution in [3.63, 3.8) is 0 Å². The fraction of sp³-hybridized carbons (Fsp3) is 0.125. The van der Waals surface area contributed by atoms with Gasteiger partial charge in [0.25, 0.3) is 11.8 Å². The average molecular weight is 528 g/mol. The Morgan fingerprint density at radius 1 is 0.811 bits per heavy atom. The lowest BCUT2D eigenvalue weighted by atomic mass is 10.0. The van der Waals surface area contributed by atoms with Crippen LogP contribution in [0.2, 0.25) is 0 Å². The first-order valence-corrected chi connectivity index (χ1v) is 10.3. The Labute approximate surface area is 202 Å². The molecule has 4 rings (SSSR count). The molecule has 1 N–H and O–H groups in total. The predicted octanol–water partition coefficient (Wildman–Crippen LogP) is 5.25. The number of halogens is 8. The number of amides is 3. The fourth-order valence-corrected chi connectivity index (χ4v) is 3.88. The molecule has 0 bridgehead atoms. The van der Waals surface area contributed by atoms with E-state index in [0.29, 0.717) is 4.90 Å². The third kappa shape index (κ3) is 4.52. The second-order valence-electron chi connectivity index (χ2n) is 7.87. The van der Waals surface area contributed by atoms with E-state index in [1.165, 1.54) is 41.7 Å². The Kier molecular flexibility index (Phi) is 6.48. The average Bonchev–Trinajstić information content (AvgIpc) is 3.08. The Balaban J connectivity index is 1.77. The fourth-order valence-electron chi connectivity index (χ4n) is 3.88. The first kappa shape index (κ1) is 25.8. The number of hydrogen-bond acceptors (Lipinski definition) is 3. The van der Waals surface area contributed by atoms with E-state index < -0.39 is 76.7 Å². The van der Waals surface area contributed by atoms with Gasteiger partial charge in [0.15, 0.2) is 23.3 Å². The SMILES string of the molecule is O=C(Nc1c(F)c(F)c(C(F)(F)F)c(F)c1F)C(Cc1cccc(F)c1)N1C(=O)c2ccccc2C1=O. The molecule has 5 nitrogen and oxygen atoms in total. The van der Waals surface area contributed by atoms with Crippen molar-refractivity contribution in [2.75, 3.05) is 5.32 Å². The number of imide groups is 1. The highest BCUT2D eigenvalue weighted by Gasteiger charge is 2.45. The third-order valence-corrected chi connectivity index (χ3v) is 5.55. The molecular formula is C24H12F8N2O3. The minimum Gasteiger partial charge on any atom is -0.319 e. The molecule has 3 aromatic carbocycles. The number of alkyl halides is 3. The highest BCUT2D eigenvalue weighted by molar-refractivity contribution is 6.23. The summed E-state index contributed by atoms with van der Waals surface area (Å²) >= 11 is 0.